The van der Waals surface area contributed by atoms with Crippen LogP contribution in [0.15, 0.2) is 0 Å². The Labute approximate surface area is 99.3 Å². The van der Waals surface area contributed by atoms with Crippen molar-refractivity contribution in [1.82, 2.24) is 10.2 Å². The molecule has 1 aliphatic heterocycles. The van der Waals surface area contributed by atoms with E-state index >= 15 is 0 Å². The second-order valence-electron chi connectivity index (χ2n) is 4.61. The van der Waals surface area contributed by atoms with Gasteiger partial charge in [-0.05, 0) is 33.4 Å². The molecule has 96 valence electrons. The van der Waals surface area contributed by atoms with Crippen molar-refractivity contribution in [2.45, 2.75) is 31.8 Å². The Morgan fingerprint density at radius 2 is 2.12 bits per heavy atom. The molecule has 1 fully saturated rings. The number of hydrogen-bond acceptors (Lipinski definition) is 4. The minimum Gasteiger partial charge on any atom is -0.382 e. The molecule has 0 bridgehead atoms. The van der Waals surface area contributed by atoms with Gasteiger partial charge in [-0.15, -0.1) is 0 Å². The molecule has 0 amide bonds. The van der Waals surface area contributed by atoms with Crippen molar-refractivity contribution in [2.75, 3.05) is 47.1 Å². The zero-order valence-corrected chi connectivity index (χ0v) is 10.9. The molecule has 1 saturated heterocycles. The van der Waals surface area contributed by atoms with E-state index in [2.05, 4.69) is 24.2 Å². The predicted octanol–water partition coefficient (Wildman–Crippen LogP) is 0.722. The predicted molar refractivity (Wildman–Crippen MR) is 65.8 cm³/mol. The number of rotatable bonds is 7. The first-order chi connectivity index (χ1) is 7.74. The third-order valence-corrected chi connectivity index (χ3v) is 3.32. The van der Waals surface area contributed by atoms with Crippen molar-refractivity contribution < 1.29 is 9.47 Å². The number of hydrogen-bond donors (Lipinski definition) is 1. The van der Waals surface area contributed by atoms with Gasteiger partial charge >= 0.3 is 0 Å². The van der Waals surface area contributed by atoms with Gasteiger partial charge in [-0.3, -0.25) is 0 Å². The van der Waals surface area contributed by atoms with Gasteiger partial charge < -0.3 is 19.7 Å². The summed E-state index contributed by atoms with van der Waals surface area (Å²) in [6.45, 7) is 6.61. The zero-order chi connectivity index (χ0) is 11.8. The molecule has 4 heteroatoms. The van der Waals surface area contributed by atoms with E-state index < -0.39 is 0 Å². The number of likely N-dealkylation sites (tertiary alicyclic amines) is 1. The fourth-order valence-electron chi connectivity index (χ4n) is 2.05. The molecule has 4 nitrogen and oxygen atoms in total. The molecule has 0 aromatic rings. The Hall–Kier alpha value is -0.160. The summed E-state index contributed by atoms with van der Waals surface area (Å²) < 4.78 is 10.3. The van der Waals surface area contributed by atoms with Crippen molar-refractivity contribution in [2.24, 2.45) is 0 Å². The van der Waals surface area contributed by atoms with E-state index in [1.807, 2.05) is 0 Å². The van der Waals surface area contributed by atoms with E-state index in [4.69, 9.17) is 9.47 Å². The molecule has 16 heavy (non-hydrogen) atoms. The van der Waals surface area contributed by atoms with Crippen LogP contribution in [0.1, 0.15) is 19.8 Å². The first kappa shape index (κ1) is 13.9. The average Bonchev–Trinajstić information content (AvgIpc) is 2.28. The Bertz CT molecular complexity index is 178. The molecule has 0 aromatic heterocycles. The maximum Gasteiger partial charge on any atom is 0.0700 e. The number of nitrogens with one attached hydrogen (secondary N) is 1. The van der Waals surface area contributed by atoms with Gasteiger partial charge in [0.05, 0.1) is 19.8 Å². The van der Waals surface area contributed by atoms with Crippen LogP contribution in [0.25, 0.3) is 0 Å². The maximum absolute atomic E-state index is 5.42. The second-order valence-corrected chi connectivity index (χ2v) is 4.61. The van der Waals surface area contributed by atoms with Gasteiger partial charge in [0, 0.05) is 25.7 Å². The lowest BCUT2D eigenvalue weighted by molar-refractivity contribution is 0.0690. The van der Waals surface area contributed by atoms with Crippen LogP contribution in [-0.4, -0.2) is 64.1 Å². The average molecular weight is 230 g/mol. The molecule has 1 heterocycles. The van der Waals surface area contributed by atoms with Gasteiger partial charge in [-0.2, -0.15) is 0 Å². The van der Waals surface area contributed by atoms with Crippen molar-refractivity contribution in [3.05, 3.63) is 0 Å². The Morgan fingerprint density at radius 1 is 1.31 bits per heavy atom. The highest BCUT2D eigenvalue weighted by Crippen LogP contribution is 2.14. The molecule has 2 unspecified atom stereocenters. The van der Waals surface area contributed by atoms with E-state index in [-0.39, 0.29) is 0 Å². The topological polar surface area (TPSA) is 33.7 Å². The molecule has 1 N–H and O–H groups in total. The molecular formula is C12H26N2O2. The first-order valence-electron chi connectivity index (χ1n) is 6.24. The molecule has 0 radical (unpaired) electrons. The molecule has 1 aliphatic rings. The lowest BCUT2D eigenvalue weighted by Crippen LogP contribution is -2.46. The van der Waals surface area contributed by atoms with Crippen LogP contribution in [-0.2, 0) is 9.47 Å². The fourth-order valence-corrected chi connectivity index (χ4v) is 2.05. The normalized spacial score (nSPS) is 27.2. The van der Waals surface area contributed by atoms with E-state index in [0.29, 0.717) is 25.3 Å². The third-order valence-electron chi connectivity index (χ3n) is 3.32. The summed E-state index contributed by atoms with van der Waals surface area (Å²) in [7, 11) is 3.90. The van der Waals surface area contributed by atoms with Crippen LogP contribution in [0.3, 0.4) is 0 Å². The van der Waals surface area contributed by atoms with Crippen LogP contribution in [0.4, 0.5) is 0 Å². The summed E-state index contributed by atoms with van der Waals surface area (Å²) >= 11 is 0. The highest BCUT2D eigenvalue weighted by molar-refractivity contribution is 4.80. The van der Waals surface area contributed by atoms with E-state index in [1.54, 1.807) is 7.11 Å². The molecule has 0 saturated carbocycles. The van der Waals surface area contributed by atoms with Gasteiger partial charge in [-0.1, -0.05) is 0 Å². The SMILES string of the molecule is COCCOCCNC1CCN(C)C(C)C1. The summed E-state index contributed by atoms with van der Waals surface area (Å²) in [5.41, 5.74) is 0. The quantitative estimate of drug-likeness (QED) is 0.654. The first-order valence-corrected chi connectivity index (χ1v) is 6.24. The lowest BCUT2D eigenvalue weighted by atomic mass is 9.99. The van der Waals surface area contributed by atoms with Crippen LogP contribution in [0, 0.1) is 0 Å². The summed E-state index contributed by atoms with van der Waals surface area (Å²) in [4.78, 5) is 2.42. The molecule has 1 rings (SSSR count). The molecule has 2 atom stereocenters. The summed E-state index contributed by atoms with van der Waals surface area (Å²) in [5.74, 6) is 0. The highest BCUT2D eigenvalue weighted by Gasteiger charge is 2.21. The molecular weight excluding hydrogens is 204 g/mol. The van der Waals surface area contributed by atoms with Gasteiger partial charge in [0.1, 0.15) is 0 Å². The van der Waals surface area contributed by atoms with Crippen LogP contribution in [0.2, 0.25) is 0 Å². The van der Waals surface area contributed by atoms with Gasteiger partial charge in [0.2, 0.25) is 0 Å². The largest absolute Gasteiger partial charge is 0.382 e. The Kier molecular flexibility index (Phi) is 6.96. The minimum absolute atomic E-state index is 0.664. The standard InChI is InChI=1S/C12H26N2O2/c1-11-10-12(4-6-14(11)2)13-5-7-16-9-8-15-3/h11-13H,4-10H2,1-3H3. The molecule has 0 aliphatic carbocycles. The number of ether oxygens (including phenoxy) is 2. The Balaban J connectivity index is 1.97. The second kappa shape index (κ2) is 8.01. The summed E-state index contributed by atoms with van der Waals surface area (Å²) in [6, 6.07) is 1.36. The number of piperidine rings is 1. The molecule has 0 aromatic carbocycles. The van der Waals surface area contributed by atoms with Crippen molar-refractivity contribution >= 4 is 0 Å². The van der Waals surface area contributed by atoms with E-state index in [9.17, 15) is 0 Å². The van der Waals surface area contributed by atoms with Gasteiger partial charge in [0.15, 0.2) is 0 Å². The molecule has 0 spiro atoms. The van der Waals surface area contributed by atoms with E-state index in [1.165, 1.54) is 19.4 Å². The number of methoxy groups -OCH3 is 1. The fraction of sp³-hybridized carbons (Fsp3) is 1.00. The monoisotopic (exact) mass is 230 g/mol. The van der Waals surface area contributed by atoms with Gasteiger partial charge in [0.25, 0.3) is 0 Å². The Morgan fingerprint density at radius 3 is 2.81 bits per heavy atom. The smallest absolute Gasteiger partial charge is 0.0700 e. The van der Waals surface area contributed by atoms with Crippen molar-refractivity contribution in [1.29, 1.82) is 0 Å². The highest BCUT2D eigenvalue weighted by atomic mass is 16.5. The van der Waals surface area contributed by atoms with Crippen LogP contribution < -0.4 is 5.32 Å². The maximum atomic E-state index is 5.42. The number of nitrogens with zero attached hydrogens (tertiary/aromatic N) is 1. The summed E-state index contributed by atoms with van der Waals surface area (Å²) in [5, 5.41) is 3.56. The summed E-state index contributed by atoms with van der Waals surface area (Å²) in [6.07, 6.45) is 2.49. The van der Waals surface area contributed by atoms with Crippen molar-refractivity contribution in [3.63, 3.8) is 0 Å². The minimum atomic E-state index is 0.664. The van der Waals surface area contributed by atoms with Crippen LogP contribution in [0.5, 0.6) is 0 Å². The lowest BCUT2D eigenvalue weighted by Gasteiger charge is -2.35. The third kappa shape index (κ3) is 5.25. The van der Waals surface area contributed by atoms with Crippen LogP contribution >= 0.6 is 0 Å². The van der Waals surface area contributed by atoms with Gasteiger partial charge in [-0.25, -0.2) is 0 Å². The van der Waals surface area contributed by atoms with Crippen molar-refractivity contribution in [3.8, 4) is 0 Å². The van der Waals surface area contributed by atoms with E-state index in [0.717, 1.165) is 13.2 Å². The zero-order valence-electron chi connectivity index (χ0n) is 10.9.